The second kappa shape index (κ2) is 6.07. The van der Waals surface area contributed by atoms with E-state index in [2.05, 4.69) is 35.0 Å². The average Bonchev–Trinajstić information content (AvgIpc) is 2.26. The number of ether oxygens (including phenoxy) is 1. The molecule has 0 saturated carbocycles. The summed E-state index contributed by atoms with van der Waals surface area (Å²) in [5.41, 5.74) is 1.30. The van der Waals surface area contributed by atoms with Crippen molar-refractivity contribution in [1.29, 1.82) is 0 Å². The highest BCUT2D eigenvalue weighted by Gasteiger charge is 2.05. The van der Waals surface area contributed by atoms with E-state index in [1.807, 2.05) is 12.1 Å². The second-order valence-electron chi connectivity index (χ2n) is 3.36. The van der Waals surface area contributed by atoms with Gasteiger partial charge in [0, 0.05) is 4.83 Å². The van der Waals surface area contributed by atoms with Crippen LogP contribution in [0, 0.1) is 0 Å². The topological polar surface area (TPSA) is 9.23 Å². The summed E-state index contributed by atoms with van der Waals surface area (Å²) in [5, 5.41) is 0. The Balaban J connectivity index is 2.57. The Morgan fingerprint density at radius 2 is 2.07 bits per heavy atom. The fourth-order valence-electron chi connectivity index (χ4n) is 1.43. The van der Waals surface area contributed by atoms with Gasteiger partial charge in [-0.3, -0.25) is 0 Å². The molecule has 1 aromatic carbocycles. The molecule has 0 saturated heterocycles. The Bertz CT molecular complexity index is 273. The summed E-state index contributed by atoms with van der Waals surface area (Å²) in [4.78, 5) is 0.618. The number of aryl methyl sites for hydroxylation is 1. The minimum absolute atomic E-state index is 0.618. The summed E-state index contributed by atoms with van der Waals surface area (Å²) in [6.07, 6.45) is 3.42. The molecule has 0 aromatic heterocycles. The molecule has 0 spiro atoms. The highest BCUT2D eigenvalue weighted by Crippen LogP contribution is 2.21. The van der Waals surface area contributed by atoms with Gasteiger partial charge in [0.1, 0.15) is 5.75 Å². The van der Waals surface area contributed by atoms with Crippen LogP contribution in [0.4, 0.5) is 0 Å². The van der Waals surface area contributed by atoms with Gasteiger partial charge < -0.3 is 4.74 Å². The Morgan fingerprint density at radius 1 is 1.36 bits per heavy atom. The van der Waals surface area contributed by atoms with Crippen LogP contribution in [0.15, 0.2) is 24.3 Å². The number of para-hydroxylation sites is 1. The zero-order valence-electron chi connectivity index (χ0n) is 8.79. The molecule has 0 aliphatic rings. The third-order valence-electron chi connectivity index (χ3n) is 2.36. The molecule has 0 aliphatic heterocycles. The molecule has 0 bridgehead atoms. The predicted octanol–water partition coefficient (Wildman–Crippen LogP) is 3.80. The smallest absolute Gasteiger partial charge is 0.122 e. The highest BCUT2D eigenvalue weighted by atomic mass is 79.9. The lowest BCUT2D eigenvalue weighted by Crippen LogP contribution is -1.99. The van der Waals surface area contributed by atoms with E-state index in [1.165, 1.54) is 12.0 Å². The molecule has 1 rings (SSSR count). The zero-order valence-corrected chi connectivity index (χ0v) is 10.4. The molecule has 0 aliphatic carbocycles. The Kier molecular flexibility index (Phi) is 5.02. The van der Waals surface area contributed by atoms with E-state index in [1.54, 1.807) is 7.11 Å². The molecule has 0 amide bonds. The van der Waals surface area contributed by atoms with Crippen LogP contribution < -0.4 is 4.74 Å². The highest BCUT2D eigenvalue weighted by molar-refractivity contribution is 9.09. The van der Waals surface area contributed by atoms with Gasteiger partial charge in [-0.25, -0.2) is 0 Å². The number of rotatable bonds is 5. The minimum atomic E-state index is 0.618. The third kappa shape index (κ3) is 3.33. The van der Waals surface area contributed by atoms with Crippen LogP contribution in [-0.4, -0.2) is 11.9 Å². The lowest BCUT2D eigenvalue weighted by molar-refractivity contribution is 0.409. The van der Waals surface area contributed by atoms with Gasteiger partial charge in [-0.1, -0.05) is 41.1 Å². The normalized spacial score (nSPS) is 12.5. The van der Waals surface area contributed by atoms with Gasteiger partial charge in [0.2, 0.25) is 0 Å². The summed E-state index contributed by atoms with van der Waals surface area (Å²) >= 11 is 3.64. The number of methoxy groups -OCH3 is 1. The van der Waals surface area contributed by atoms with Crippen molar-refractivity contribution < 1.29 is 4.74 Å². The zero-order chi connectivity index (χ0) is 10.4. The van der Waals surface area contributed by atoms with Gasteiger partial charge in [0.15, 0.2) is 0 Å². The Labute approximate surface area is 94.6 Å². The Hall–Kier alpha value is -0.500. The van der Waals surface area contributed by atoms with E-state index in [0.717, 1.165) is 18.6 Å². The van der Waals surface area contributed by atoms with E-state index in [0.29, 0.717) is 4.83 Å². The first kappa shape index (κ1) is 11.6. The largest absolute Gasteiger partial charge is 0.496 e. The first-order valence-electron chi connectivity index (χ1n) is 5.04. The van der Waals surface area contributed by atoms with Crippen LogP contribution in [0.2, 0.25) is 0 Å². The predicted molar refractivity (Wildman–Crippen MR) is 64.3 cm³/mol. The molecule has 14 heavy (non-hydrogen) atoms. The molecule has 0 radical (unpaired) electrons. The average molecular weight is 257 g/mol. The summed E-state index contributed by atoms with van der Waals surface area (Å²) in [6, 6.07) is 8.22. The van der Waals surface area contributed by atoms with Crippen molar-refractivity contribution in [1.82, 2.24) is 0 Å². The first-order chi connectivity index (χ1) is 6.77. The summed E-state index contributed by atoms with van der Waals surface area (Å²) in [6.45, 7) is 2.20. The lowest BCUT2D eigenvalue weighted by Gasteiger charge is -2.09. The van der Waals surface area contributed by atoms with Crippen molar-refractivity contribution in [2.24, 2.45) is 0 Å². The fraction of sp³-hybridized carbons (Fsp3) is 0.500. The van der Waals surface area contributed by atoms with E-state index in [9.17, 15) is 0 Å². The van der Waals surface area contributed by atoms with Crippen LogP contribution in [-0.2, 0) is 6.42 Å². The van der Waals surface area contributed by atoms with Crippen LogP contribution in [0.1, 0.15) is 25.3 Å². The maximum atomic E-state index is 5.30. The van der Waals surface area contributed by atoms with E-state index in [4.69, 9.17) is 4.74 Å². The molecule has 0 N–H and O–H groups in total. The van der Waals surface area contributed by atoms with Crippen LogP contribution in [0.3, 0.4) is 0 Å². The molecule has 1 atom stereocenters. The molecule has 2 heteroatoms. The first-order valence-corrected chi connectivity index (χ1v) is 5.95. The molecule has 1 aromatic rings. The van der Waals surface area contributed by atoms with Gasteiger partial charge in [-0.05, 0) is 30.9 Å². The lowest BCUT2D eigenvalue weighted by atomic mass is 10.1. The van der Waals surface area contributed by atoms with Gasteiger partial charge in [0.25, 0.3) is 0 Å². The third-order valence-corrected chi connectivity index (χ3v) is 3.47. The van der Waals surface area contributed by atoms with Crippen molar-refractivity contribution in [3.63, 3.8) is 0 Å². The van der Waals surface area contributed by atoms with Crippen LogP contribution >= 0.6 is 15.9 Å². The van der Waals surface area contributed by atoms with Crippen molar-refractivity contribution in [3.8, 4) is 5.75 Å². The SMILES string of the molecule is CCC(Br)CCc1ccccc1OC. The van der Waals surface area contributed by atoms with Crippen molar-refractivity contribution in [2.75, 3.05) is 7.11 Å². The molecule has 0 heterocycles. The number of alkyl halides is 1. The molecule has 78 valence electrons. The summed E-state index contributed by atoms with van der Waals surface area (Å²) < 4.78 is 5.30. The monoisotopic (exact) mass is 256 g/mol. The fourth-order valence-corrected chi connectivity index (χ4v) is 1.65. The molecule has 1 unspecified atom stereocenters. The Morgan fingerprint density at radius 3 is 2.71 bits per heavy atom. The number of hydrogen-bond donors (Lipinski definition) is 0. The van der Waals surface area contributed by atoms with Crippen LogP contribution in [0.5, 0.6) is 5.75 Å². The maximum Gasteiger partial charge on any atom is 0.122 e. The van der Waals surface area contributed by atoms with Gasteiger partial charge in [0.05, 0.1) is 7.11 Å². The second-order valence-corrected chi connectivity index (χ2v) is 4.65. The van der Waals surface area contributed by atoms with E-state index >= 15 is 0 Å². The molecular weight excluding hydrogens is 240 g/mol. The standard InChI is InChI=1S/C12H17BrO/c1-3-11(13)9-8-10-6-4-5-7-12(10)14-2/h4-7,11H,3,8-9H2,1-2H3. The number of hydrogen-bond acceptors (Lipinski definition) is 1. The van der Waals surface area contributed by atoms with Gasteiger partial charge >= 0.3 is 0 Å². The summed E-state index contributed by atoms with van der Waals surface area (Å²) in [5.74, 6) is 1.00. The molecule has 0 fully saturated rings. The van der Waals surface area contributed by atoms with Crippen molar-refractivity contribution >= 4 is 15.9 Å². The minimum Gasteiger partial charge on any atom is -0.496 e. The quantitative estimate of drug-likeness (QED) is 0.729. The number of benzene rings is 1. The maximum absolute atomic E-state index is 5.30. The van der Waals surface area contributed by atoms with Gasteiger partial charge in [-0.2, -0.15) is 0 Å². The van der Waals surface area contributed by atoms with E-state index < -0.39 is 0 Å². The molecular formula is C12H17BrO. The van der Waals surface area contributed by atoms with E-state index in [-0.39, 0.29) is 0 Å². The summed E-state index contributed by atoms with van der Waals surface area (Å²) in [7, 11) is 1.73. The molecule has 1 nitrogen and oxygen atoms in total. The van der Waals surface area contributed by atoms with Crippen LogP contribution in [0.25, 0.3) is 0 Å². The van der Waals surface area contributed by atoms with Crippen molar-refractivity contribution in [3.05, 3.63) is 29.8 Å². The number of halogens is 1. The van der Waals surface area contributed by atoms with Gasteiger partial charge in [-0.15, -0.1) is 0 Å². The van der Waals surface area contributed by atoms with Crippen molar-refractivity contribution in [2.45, 2.75) is 31.0 Å².